The maximum atomic E-state index is 13.9. The van der Waals surface area contributed by atoms with Crippen molar-refractivity contribution < 1.29 is 39.3 Å². The summed E-state index contributed by atoms with van der Waals surface area (Å²) in [6.07, 6.45) is 2.73. The van der Waals surface area contributed by atoms with Crippen LogP contribution in [0.4, 0.5) is 0 Å². The van der Waals surface area contributed by atoms with Crippen molar-refractivity contribution in [2.45, 2.75) is 56.3 Å². The normalized spacial score (nSPS) is 13.6. The lowest BCUT2D eigenvalue weighted by Gasteiger charge is -2.25. The van der Waals surface area contributed by atoms with Crippen molar-refractivity contribution in [3.8, 4) is 5.75 Å². The van der Waals surface area contributed by atoms with Gasteiger partial charge in [0.2, 0.25) is 17.7 Å². The van der Waals surface area contributed by atoms with Crippen LogP contribution < -0.4 is 21.7 Å². The molecule has 3 amide bonds. The highest BCUT2D eigenvalue weighted by molar-refractivity contribution is 5.95. The Balaban J connectivity index is 1.41. The van der Waals surface area contributed by atoms with Gasteiger partial charge in [0.15, 0.2) is 0 Å². The summed E-state index contributed by atoms with van der Waals surface area (Å²) in [6, 6.07) is 15.6. The molecule has 0 fully saturated rings. The summed E-state index contributed by atoms with van der Waals surface area (Å²) in [6.45, 7) is 0. The first kappa shape index (κ1) is 35.2. The Morgan fingerprint density at radius 3 is 1.66 bits per heavy atom. The highest BCUT2D eigenvalue weighted by Gasteiger charge is 2.32. The number of hydrogen-bond acceptors (Lipinski definition) is 7. The van der Waals surface area contributed by atoms with Gasteiger partial charge in [0.25, 0.3) is 0 Å². The van der Waals surface area contributed by atoms with E-state index in [9.17, 15) is 34.2 Å². The summed E-state index contributed by atoms with van der Waals surface area (Å²) < 4.78 is 0. The van der Waals surface area contributed by atoms with Gasteiger partial charge in [-0.15, -0.1) is 0 Å². The molecule has 2 aromatic heterocycles. The minimum Gasteiger partial charge on any atom is -0.508 e. The number of nitrogens with two attached hydrogens (primary N) is 1. The number of aromatic nitrogens is 2. The number of rotatable bonds is 16. The summed E-state index contributed by atoms with van der Waals surface area (Å²) in [5, 5.41) is 38.4. The van der Waals surface area contributed by atoms with Crippen LogP contribution in [0.3, 0.4) is 0 Å². The van der Waals surface area contributed by atoms with Crippen LogP contribution in [0.1, 0.15) is 29.5 Å². The van der Waals surface area contributed by atoms with Crippen LogP contribution in [0, 0.1) is 0 Å². The summed E-state index contributed by atoms with van der Waals surface area (Å²) >= 11 is 0. The van der Waals surface area contributed by atoms with Gasteiger partial charge in [-0.1, -0.05) is 48.5 Å². The lowest BCUT2D eigenvalue weighted by Crippen LogP contribution is -2.58. The first-order chi connectivity index (χ1) is 24.0. The maximum Gasteiger partial charge on any atom is 0.326 e. The molecule has 4 unspecified atom stereocenters. The molecule has 260 valence electrons. The van der Waals surface area contributed by atoms with Gasteiger partial charge < -0.3 is 47.0 Å². The largest absolute Gasteiger partial charge is 0.508 e. The smallest absolute Gasteiger partial charge is 0.326 e. The number of amides is 3. The molecule has 0 aliphatic heterocycles. The third-order valence-corrected chi connectivity index (χ3v) is 8.46. The number of para-hydroxylation sites is 2. The molecule has 5 rings (SSSR count). The second-order valence-corrected chi connectivity index (χ2v) is 12.1. The highest BCUT2D eigenvalue weighted by Crippen LogP contribution is 2.21. The highest BCUT2D eigenvalue weighted by atomic mass is 16.4. The van der Waals surface area contributed by atoms with Crippen LogP contribution in [-0.2, 0) is 43.2 Å². The number of carboxylic acids is 2. The Hall–Kier alpha value is -6.15. The fourth-order valence-electron chi connectivity index (χ4n) is 5.76. The second-order valence-electron chi connectivity index (χ2n) is 12.1. The molecule has 10 N–H and O–H groups in total. The van der Waals surface area contributed by atoms with Gasteiger partial charge in [0, 0.05) is 59.9 Å². The van der Waals surface area contributed by atoms with E-state index in [2.05, 4.69) is 25.9 Å². The molecule has 2 heterocycles. The predicted octanol–water partition coefficient (Wildman–Crippen LogP) is 2.11. The van der Waals surface area contributed by atoms with Crippen LogP contribution in [0.2, 0.25) is 0 Å². The van der Waals surface area contributed by atoms with Crippen LogP contribution >= 0.6 is 0 Å². The number of aromatic hydroxyl groups is 1. The third-order valence-electron chi connectivity index (χ3n) is 8.46. The Labute approximate surface area is 286 Å². The van der Waals surface area contributed by atoms with Gasteiger partial charge in [0.1, 0.15) is 23.9 Å². The number of phenols is 1. The molecule has 14 heteroatoms. The average Bonchev–Trinajstić information content (AvgIpc) is 3.70. The van der Waals surface area contributed by atoms with Gasteiger partial charge >= 0.3 is 11.9 Å². The molecule has 0 spiro atoms. The van der Waals surface area contributed by atoms with Crippen molar-refractivity contribution in [2.75, 3.05) is 0 Å². The quantitative estimate of drug-likeness (QED) is 0.0739. The van der Waals surface area contributed by atoms with E-state index in [0.29, 0.717) is 16.7 Å². The topological polar surface area (TPSA) is 240 Å². The minimum atomic E-state index is -1.34. The zero-order chi connectivity index (χ0) is 35.8. The molecule has 0 bridgehead atoms. The number of H-pyrrole nitrogens is 2. The number of aromatic amines is 2. The first-order valence-corrected chi connectivity index (χ1v) is 16.0. The van der Waals surface area contributed by atoms with Crippen molar-refractivity contribution in [3.63, 3.8) is 0 Å². The second kappa shape index (κ2) is 15.8. The number of fused-ring (bicyclic) bond motifs is 2. The van der Waals surface area contributed by atoms with Gasteiger partial charge in [-0.05, 0) is 47.4 Å². The molecule has 50 heavy (non-hydrogen) atoms. The number of nitrogens with one attached hydrogen (secondary N) is 5. The van der Waals surface area contributed by atoms with Crippen LogP contribution in [0.15, 0.2) is 85.2 Å². The van der Waals surface area contributed by atoms with Crippen molar-refractivity contribution in [1.82, 2.24) is 25.9 Å². The Morgan fingerprint density at radius 1 is 0.640 bits per heavy atom. The van der Waals surface area contributed by atoms with Crippen molar-refractivity contribution in [2.24, 2.45) is 5.73 Å². The standard InChI is InChI=1S/C36H38N6O8/c37-26(13-14-32(44)45)33(46)40-29(15-20-9-11-23(43)12-10-20)34(47)41-30(16-21-18-38-27-7-3-1-5-24(21)27)35(48)42-31(36(49)50)17-22-19-39-28-8-4-2-6-25(22)28/h1-12,18-19,26,29-31,38-39,43H,13-17,37H2,(H,40,46)(H,41,47)(H,42,48)(H,44,45)(H,49,50). The van der Waals surface area contributed by atoms with Gasteiger partial charge in [-0.2, -0.15) is 0 Å². The van der Waals surface area contributed by atoms with Crippen molar-refractivity contribution in [3.05, 3.63) is 102 Å². The molecular weight excluding hydrogens is 644 g/mol. The SMILES string of the molecule is NC(CCC(=O)O)C(=O)NC(Cc1ccc(O)cc1)C(=O)NC(Cc1c[nH]c2ccccc12)C(=O)NC(Cc1c[nH]c2ccccc12)C(=O)O. The van der Waals surface area contributed by atoms with E-state index in [-0.39, 0.29) is 37.9 Å². The first-order valence-electron chi connectivity index (χ1n) is 16.0. The molecular formula is C36H38N6O8. The monoisotopic (exact) mass is 682 g/mol. The van der Waals surface area contributed by atoms with Crippen molar-refractivity contribution >= 4 is 51.5 Å². The summed E-state index contributed by atoms with van der Waals surface area (Å²) in [5.74, 6) is -4.71. The molecule has 0 radical (unpaired) electrons. The maximum absolute atomic E-state index is 13.9. The fraction of sp³-hybridized carbons (Fsp3) is 0.250. The number of carbonyl (C=O) groups is 5. The number of aliphatic carboxylic acids is 2. The Kier molecular flexibility index (Phi) is 11.1. The lowest BCUT2D eigenvalue weighted by atomic mass is 10.0. The van der Waals surface area contributed by atoms with E-state index in [0.717, 1.165) is 21.8 Å². The molecule has 14 nitrogen and oxygen atoms in total. The van der Waals surface area contributed by atoms with Gasteiger partial charge in [-0.3, -0.25) is 19.2 Å². The molecule has 3 aromatic carbocycles. The zero-order valence-electron chi connectivity index (χ0n) is 26.9. The van der Waals surface area contributed by atoms with Crippen LogP contribution in [0.25, 0.3) is 21.8 Å². The third kappa shape index (κ3) is 8.85. The molecule has 0 aliphatic carbocycles. The summed E-state index contributed by atoms with van der Waals surface area (Å²) in [4.78, 5) is 70.6. The summed E-state index contributed by atoms with van der Waals surface area (Å²) in [7, 11) is 0. The van der Waals surface area contributed by atoms with Gasteiger partial charge in [0.05, 0.1) is 6.04 Å². The number of hydrogen-bond donors (Lipinski definition) is 9. The van der Waals surface area contributed by atoms with Crippen molar-refractivity contribution in [1.29, 1.82) is 0 Å². The number of phenolic OH excluding ortho intramolecular Hbond substituents is 1. The Bertz CT molecular complexity index is 2000. The average molecular weight is 683 g/mol. The lowest BCUT2D eigenvalue weighted by molar-refractivity contribution is -0.142. The van der Waals surface area contributed by atoms with E-state index < -0.39 is 53.8 Å². The van der Waals surface area contributed by atoms with E-state index in [1.165, 1.54) is 12.1 Å². The zero-order valence-corrected chi connectivity index (χ0v) is 26.9. The molecule has 5 aromatic rings. The molecule has 0 saturated carbocycles. The number of benzene rings is 3. The Morgan fingerprint density at radius 2 is 1.12 bits per heavy atom. The van der Waals surface area contributed by atoms with Gasteiger partial charge in [-0.25, -0.2) is 4.79 Å². The van der Waals surface area contributed by atoms with Crippen LogP contribution in [-0.4, -0.2) is 79.1 Å². The number of carboxylic acid groups (broad SMARTS) is 2. The minimum absolute atomic E-state index is 0.00874. The number of carbonyl (C=O) groups excluding carboxylic acids is 3. The molecule has 4 atom stereocenters. The predicted molar refractivity (Wildman–Crippen MR) is 184 cm³/mol. The fourth-order valence-corrected chi connectivity index (χ4v) is 5.76. The van der Waals surface area contributed by atoms with Crippen LogP contribution in [0.5, 0.6) is 5.75 Å². The van der Waals surface area contributed by atoms with E-state index in [1.807, 2.05) is 48.5 Å². The van der Waals surface area contributed by atoms with E-state index in [4.69, 9.17) is 10.8 Å². The molecule has 0 saturated heterocycles. The summed E-state index contributed by atoms with van der Waals surface area (Å²) in [5.41, 5.74) is 9.46. The van der Waals surface area contributed by atoms with E-state index >= 15 is 0 Å². The van der Waals surface area contributed by atoms with E-state index in [1.54, 1.807) is 24.5 Å². The molecule has 0 aliphatic rings.